The number of aryl methyl sites for hydroxylation is 2. The number of carbonyl (C=O) groups is 1. The molecule has 1 heterocycles. The molecule has 0 bridgehead atoms. The van der Waals surface area contributed by atoms with Gasteiger partial charge in [-0.05, 0) is 31.5 Å². The number of rotatable bonds is 7. The molecule has 124 valence electrons. The molecular formula is C16H20N2O4S. The average Bonchev–Trinajstić information content (AvgIpc) is 2.94. The summed E-state index contributed by atoms with van der Waals surface area (Å²) in [7, 11) is -3.57. The van der Waals surface area contributed by atoms with Crippen LogP contribution in [0.25, 0.3) is 0 Å². The predicted octanol–water partition coefficient (Wildman–Crippen LogP) is 1.63. The van der Waals surface area contributed by atoms with Gasteiger partial charge in [0, 0.05) is 0 Å². The van der Waals surface area contributed by atoms with Crippen molar-refractivity contribution in [3.8, 4) is 0 Å². The minimum atomic E-state index is -3.57. The van der Waals surface area contributed by atoms with E-state index in [1.165, 1.54) is 6.26 Å². The zero-order valence-corrected chi connectivity index (χ0v) is 13.9. The second-order valence-electron chi connectivity index (χ2n) is 5.43. The van der Waals surface area contributed by atoms with Crippen molar-refractivity contribution in [1.29, 1.82) is 0 Å². The van der Waals surface area contributed by atoms with Crippen molar-refractivity contribution in [3.05, 3.63) is 59.0 Å². The summed E-state index contributed by atoms with van der Waals surface area (Å²) in [5.74, 6) is 0.0443. The normalized spacial score (nSPS) is 11.4. The van der Waals surface area contributed by atoms with Gasteiger partial charge in [-0.25, -0.2) is 13.1 Å². The summed E-state index contributed by atoms with van der Waals surface area (Å²) >= 11 is 0. The van der Waals surface area contributed by atoms with Crippen molar-refractivity contribution in [2.24, 2.45) is 0 Å². The van der Waals surface area contributed by atoms with E-state index in [-0.39, 0.29) is 18.8 Å². The van der Waals surface area contributed by atoms with Gasteiger partial charge in [-0.15, -0.1) is 0 Å². The fourth-order valence-electron chi connectivity index (χ4n) is 2.26. The number of benzene rings is 1. The summed E-state index contributed by atoms with van der Waals surface area (Å²) in [6.07, 6.45) is 1.51. The highest BCUT2D eigenvalue weighted by molar-refractivity contribution is 7.88. The van der Waals surface area contributed by atoms with E-state index in [4.69, 9.17) is 4.42 Å². The fourth-order valence-corrected chi connectivity index (χ4v) is 3.32. The molecular weight excluding hydrogens is 316 g/mol. The van der Waals surface area contributed by atoms with Crippen LogP contribution in [0.15, 0.2) is 41.0 Å². The first kappa shape index (κ1) is 17.2. The molecule has 0 saturated heterocycles. The highest BCUT2D eigenvalue weighted by Gasteiger charge is 2.14. The molecule has 0 atom stereocenters. The summed E-state index contributed by atoms with van der Waals surface area (Å²) in [4.78, 5) is 11.7. The van der Waals surface area contributed by atoms with Gasteiger partial charge >= 0.3 is 0 Å². The Kier molecular flexibility index (Phi) is 5.57. The molecule has 0 aliphatic carbocycles. The maximum Gasteiger partial charge on any atom is 0.235 e. The summed E-state index contributed by atoms with van der Waals surface area (Å²) < 4.78 is 31.5. The first-order chi connectivity index (χ1) is 10.8. The van der Waals surface area contributed by atoms with E-state index in [0.29, 0.717) is 11.3 Å². The van der Waals surface area contributed by atoms with Crippen LogP contribution < -0.4 is 10.0 Å². The van der Waals surface area contributed by atoms with Gasteiger partial charge in [-0.3, -0.25) is 4.79 Å². The molecule has 0 aliphatic heterocycles. The first-order valence-corrected chi connectivity index (χ1v) is 8.83. The molecule has 0 radical (unpaired) electrons. The molecule has 1 aromatic carbocycles. The maximum absolute atomic E-state index is 12.1. The molecule has 2 N–H and O–H groups in total. The molecule has 0 aliphatic rings. The maximum atomic E-state index is 12.1. The lowest BCUT2D eigenvalue weighted by Gasteiger charge is -2.08. The number of amides is 1. The number of sulfonamides is 1. The monoisotopic (exact) mass is 336 g/mol. The Hall–Kier alpha value is -2.12. The van der Waals surface area contributed by atoms with E-state index >= 15 is 0 Å². The molecule has 2 aromatic rings. The Balaban J connectivity index is 1.84. The van der Waals surface area contributed by atoms with Gasteiger partial charge < -0.3 is 9.73 Å². The van der Waals surface area contributed by atoms with Crippen LogP contribution in [-0.2, 0) is 27.1 Å². The molecule has 0 spiro atoms. The lowest BCUT2D eigenvalue weighted by molar-refractivity contribution is -0.120. The van der Waals surface area contributed by atoms with Crippen molar-refractivity contribution in [1.82, 2.24) is 10.0 Å². The second kappa shape index (κ2) is 7.43. The Morgan fingerprint density at radius 3 is 2.48 bits per heavy atom. The molecule has 0 saturated carbocycles. The predicted molar refractivity (Wildman–Crippen MR) is 87.1 cm³/mol. The molecule has 7 heteroatoms. The van der Waals surface area contributed by atoms with Gasteiger partial charge in [0.1, 0.15) is 5.76 Å². The quantitative estimate of drug-likeness (QED) is 0.804. The minimum absolute atomic E-state index is 0.152. The van der Waals surface area contributed by atoms with Crippen LogP contribution in [0.3, 0.4) is 0 Å². The smallest absolute Gasteiger partial charge is 0.235 e. The summed E-state index contributed by atoms with van der Waals surface area (Å²) in [6.45, 7) is 3.76. The molecule has 6 nitrogen and oxygen atoms in total. The summed E-state index contributed by atoms with van der Waals surface area (Å²) in [5.41, 5.74) is 2.71. The zero-order valence-electron chi connectivity index (χ0n) is 13.1. The van der Waals surface area contributed by atoms with E-state index in [1.54, 1.807) is 12.1 Å². The molecule has 1 aromatic heterocycles. The van der Waals surface area contributed by atoms with Crippen molar-refractivity contribution >= 4 is 15.9 Å². The molecule has 0 unspecified atom stereocenters. The SMILES string of the molecule is Cc1cc(C)cc(CS(=O)(=O)NCC(=O)NCc2ccco2)c1. The Morgan fingerprint density at radius 2 is 1.87 bits per heavy atom. The third-order valence-corrected chi connectivity index (χ3v) is 4.43. The third kappa shape index (κ3) is 5.88. The van der Waals surface area contributed by atoms with Gasteiger partial charge in [0.05, 0.1) is 25.1 Å². The van der Waals surface area contributed by atoms with E-state index in [1.807, 2.05) is 32.0 Å². The second-order valence-corrected chi connectivity index (χ2v) is 7.24. The number of nitrogens with one attached hydrogen (secondary N) is 2. The van der Waals surface area contributed by atoms with Crippen molar-refractivity contribution in [2.75, 3.05) is 6.54 Å². The van der Waals surface area contributed by atoms with Crippen LogP contribution in [-0.4, -0.2) is 20.9 Å². The Labute approximate surface area is 135 Å². The van der Waals surface area contributed by atoms with Crippen LogP contribution >= 0.6 is 0 Å². The fraction of sp³-hybridized carbons (Fsp3) is 0.312. The van der Waals surface area contributed by atoms with Gasteiger partial charge in [0.15, 0.2) is 0 Å². The average molecular weight is 336 g/mol. The van der Waals surface area contributed by atoms with Crippen LogP contribution in [0, 0.1) is 13.8 Å². The molecule has 0 fully saturated rings. The van der Waals surface area contributed by atoms with Crippen LogP contribution in [0.4, 0.5) is 0 Å². The highest BCUT2D eigenvalue weighted by Crippen LogP contribution is 2.11. The largest absolute Gasteiger partial charge is 0.467 e. The lowest BCUT2D eigenvalue weighted by atomic mass is 10.1. The topological polar surface area (TPSA) is 88.4 Å². The number of hydrogen-bond acceptors (Lipinski definition) is 4. The zero-order chi connectivity index (χ0) is 16.9. The number of furan rings is 1. The minimum Gasteiger partial charge on any atom is -0.467 e. The molecule has 23 heavy (non-hydrogen) atoms. The van der Waals surface area contributed by atoms with E-state index in [9.17, 15) is 13.2 Å². The van der Waals surface area contributed by atoms with Crippen molar-refractivity contribution < 1.29 is 17.6 Å². The van der Waals surface area contributed by atoms with Gasteiger partial charge in [0.2, 0.25) is 15.9 Å². The van der Waals surface area contributed by atoms with Crippen LogP contribution in [0.2, 0.25) is 0 Å². The van der Waals surface area contributed by atoms with Crippen molar-refractivity contribution in [3.63, 3.8) is 0 Å². The van der Waals surface area contributed by atoms with E-state index in [2.05, 4.69) is 10.0 Å². The first-order valence-electron chi connectivity index (χ1n) is 7.18. The third-order valence-electron chi connectivity index (χ3n) is 3.13. The Bertz CT molecular complexity index is 747. The molecule has 1 amide bonds. The molecule has 2 rings (SSSR count). The van der Waals surface area contributed by atoms with Crippen molar-refractivity contribution in [2.45, 2.75) is 26.1 Å². The summed E-state index contributed by atoms with van der Waals surface area (Å²) in [6, 6.07) is 9.07. The van der Waals surface area contributed by atoms with E-state index in [0.717, 1.165) is 11.1 Å². The van der Waals surface area contributed by atoms with Gasteiger partial charge in [-0.1, -0.05) is 29.3 Å². The summed E-state index contributed by atoms with van der Waals surface area (Å²) in [5, 5.41) is 2.58. The van der Waals surface area contributed by atoms with Gasteiger partial charge in [0.25, 0.3) is 0 Å². The van der Waals surface area contributed by atoms with Crippen LogP contribution in [0.1, 0.15) is 22.5 Å². The van der Waals surface area contributed by atoms with Gasteiger partial charge in [-0.2, -0.15) is 0 Å². The highest BCUT2D eigenvalue weighted by atomic mass is 32.2. The van der Waals surface area contributed by atoms with E-state index < -0.39 is 15.9 Å². The Morgan fingerprint density at radius 1 is 1.17 bits per heavy atom. The number of hydrogen-bond donors (Lipinski definition) is 2. The lowest BCUT2D eigenvalue weighted by Crippen LogP contribution is -2.37. The standard InChI is InChI=1S/C16H20N2O4S/c1-12-6-13(2)8-14(7-12)11-23(20,21)18-10-16(19)17-9-15-4-3-5-22-15/h3-8,18H,9-11H2,1-2H3,(H,17,19). The number of carbonyl (C=O) groups excluding carboxylic acids is 1. The van der Waals surface area contributed by atoms with Crippen LogP contribution in [0.5, 0.6) is 0 Å².